The lowest BCUT2D eigenvalue weighted by Gasteiger charge is -2.11. The van der Waals surface area contributed by atoms with Gasteiger partial charge < -0.3 is 9.47 Å². The van der Waals surface area contributed by atoms with Gasteiger partial charge in [-0.25, -0.2) is 0 Å². The maximum absolute atomic E-state index is 11.4. The van der Waals surface area contributed by atoms with Crippen LogP contribution < -0.4 is 0 Å². The Morgan fingerprint density at radius 3 is 2.85 bits per heavy atom. The van der Waals surface area contributed by atoms with E-state index in [2.05, 4.69) is 6.92 Å². The molecule has 2 heterocycles. The molecule has 0 bridgehead atoms. The molecule has 0 amide bonds. The van der Waals surface area contributed by atoms with Gasteiger partial charge in [0.05, 0.1) is 24.7 Å². The van der Waals surface area contributed by atoms with Crippen LogP contribution in [0.25, 0.3) is 0 Å². The molecule has 0 spiro atoms. The second-order valence-corrected chi connectivity index (χ2v) is 4.46. The van der Waals surface area contributed by atoms with Crippen LogP contribution in [0.4, 0.5) is 0 Å². The number of epoxide rings is 1. The molecule has 3 heteroatoms. The first-order valence-corrected chi connectivity index (χ1v) is 5.09. The van der Waals surface area contributed by atoms with Crippen molar-refractivity contribution in [3.8, 4) is 0 Å². The molecule has 0 radical (unpaired) electrons. The molecule has 3 nitrogen and oxygen atoms in total. The molecule has 1 aliphatic carbocycles. The van der Waals surface area contributed by atoms with Gasteiger partial charge in [-0.15, -0.1) is 0 Å². The summed E-state index contributed by atoms with van der Waals surface area (Å²) in [5, 5.41) is 0. The summed E-state index contributed by atoms with van der Waals surface area (Å²) in [5.41, 5.74) is 0. The van der Waals surface area contributed by atoms with Gasteiger partial charge in [-0.3, -0.25) is 4.79 Å². The van der Waals surface area contributed by atoms with E-state index in [1.807, 2.05) is 0 Å². The van der Waals surface area contributed by atoms with E-state index in [9.17, 15) is 4.79 Å². The number of fused-ring (bicyclic) bond motifs is 1. The van der Waals surface area contributed by atoms with Crippen LogP contribution in [-0.4, -0.2) is 24.8 Å². The Morgan fingerprint density at radius 1 is 1.38 bits per heavy atom. The molecule has 13 heavy (non-hydrogen) atoms. The number of carbonyl (C=O) groups is 1. The average molecular weight is 182 g/mol. The van der Waals surface area contributed by atoms with E-state index < -0.39 is 0 Å². The Morgan fingerprint density at radius 2 is 2.15 bits per heavy atom. The summed E-state index contributed by atoms with van der Waals surface area (Å²) in [7, 11) is 0. The lowest BCUT2D eigenvalue weighted by atomic mass is 9.88. The van der Waals surface area contributed by atoms with Crippen LogP contribution in [-0.2, 0) is 14.3 Å². The molecule has 1 saturated carbocycles. The normalized spacial score (nSPS) is 53.3. The number of ether oxygens (including phenoxy) is 2. The summed E-state index contributed by atoms with van der Waals surface area (Å²) in [6.07, 6.45) is 3.02. The van der Waals surface area contributed by atoms with E-state index in [1.165, 1.54) is 0 Å². The molecule has 0 N–H and O–H groups in total. The van der Waals surface area contributed by atoms with Crippen molar-refractivity contribution in [1.82, 2.24) is 0 Å². The summed E-state index contributed by atoms with van der Waals surface area (Å²) in [4.78, 5) is 11.4. The molecule has 72 valence electrons. The van der Waals surface area contributed by atoms with Crippen molar-refractivity contribution in [2.45, 2.75) is 32.0 Å². The molecule has 5 unspecified atom stereocenters. The lowest BCUT2D eigenvalue weighted by Crippen LogP contribution is -2.23. The fraction of sp³-hybridized carbons (Fsp3) is 0.900. The van der Waals surface area contributed by atoms with Crippen LogP contribution in [0.15, 0.2) is 0 Å². The first-order chi connectivity index (χ1) is 6.27. The van der Waals surface area contributed by atoms with E-state index in [0.717, 1.165) is 12.8 Å². The highest BCUT2D eigenvalue weighted by Gasteiger charge is 2.55. The molecule has 3 fully saturated rings. The van der Waals surface area contributed by atoms with E-state index in [1.54, 1.807) is 0 Å². The third-order valence-electron chi connectivity index (χ3n) is 3.73. The van der Waals surface area contributed by atoms with Crippen molar-refractivity contribution in [1.29, 1.82) is 0 Å². The number of esters is 1. The molecule has 5 atom stereocenters. The van der Waals surface area contributed by atoms with Crippen molar-refractivity contribution in [3.05, 3.63) is 0 Å². The molecule has 2 aliphatic heterocycles. The SMILES string of the molecule is CC1OC1C1CCC2COC(=O)C21. The lowest BCUT2D eigenvalue weighted by molar-refractivity contribution is -0.142. The van der Waals surface area contributed by atoms with Gasteiger partial charge in [0.15, 0.2) is 0 Å². The molecule has 0 aromatic rings. The summed E-state index contributed by atoms with van der Waals surface area (Å²) in [6.45, 7) is 2.74. The van der Waals surface area contributed by atoms with Crippen LogP contribution in [0.5, 0.6) is 0 Å². The zero-order valence-corrected chi connectivity index (χ0v) is 7.73. The minimum absolute atomic E-state index is 0.0233. The Labute approximate surface area is 77.4 Å². The zero-order valence-electron chi connectivity index (χ0n) is 7.73. The standard InChI is InChI=1S/C10H14O3/c1-5-9(13-5)7-3-2-6-4-12-10(11)8(6)7/h5-9H,2-4H2,1H3. The number of hydrogen-bond acceptors (Lipinski definition) is 3. The highest BCUT2D eigenvalue weighted by atomic mass is 16.6. The van der Waals surface area contributed by atoms with Gasteiger partial charge in [-0.1, -0.05) is 0 Å². The second kappa shape index (κ2) is 2.47. The fourth-order valence-electron chi connectivity index (χ4n) is 2.98. The van der Waals surface area contributed by atoms with E-state index in [4.69, 9.17) is 9.47 Å². The Kier molecular flexibility index (Phi) is 1.48. The molecular formula is C10H14O3. The van der Waals surface area contributed by atoms with E-state index in [-0.39, 0.29) is 11.9 Å². The van der Waals surface area contributed by atoms with Crippen molar-refractivity contribution in [2.75, 3.05) is 6.61 Å². The molecule has 3 rings (SSSR count). The first kappa shape index (κ1) is 7.80. The van der Waals surface area contributed by atoms with Gasteiger partial charge in [0, 0.05) is 11.8 Å². The average Bonchev–Trinajstić information content (AvgIpc) is 2.60. The highest BCUT2D eigenvalue weighted by Crippen LogP contribution is 2.48. The van der Waals surface area contributed by atoms with Crippen LogP contribution >= 0.6 is 0 Å². The number of cyclic esters (lactones) is 1. The summed E-state index contributed by atoms with van der Waals surface area (Å²) >= 11 is 0. The summed E-state index contributed by atoms with van der Waals surface area (Å²) in [5.74, 6) is 1.13. The van der Waals surface area contributed by atoms with E-state index >= 15 is 0 Å². The third kappa shape index (κ3) is 1.03. The van der Waals surface area contributed by atoms with Crippen LogP contribution in [0.2, 0.25) is 0 Å². The Balaban J connectivity index is 1.79. The molecular weight excluding hydrogens is 168 g/mol. The summed E-state index contributed by atoms with van der Waals surface area (Å²) in [6, 6.07) is 0. The first-order valence-electron chi connectivity index (χ1n) is 5.09. The van der Waals surface area contributed by atoms with Gasteiger partial charge in [-0.2, -0.15) is 0 Å². The van der Waals surface area contributed by atoms with Gasteiger partial charge in [0.25, 0.3) is 0 Å². The van der Waals surface area contributed by atoms with Crippen molar-refractivity contribution in [2.24, 2.45) is 17.8 Å². The predicted octanol–water partition coefficient (Wildman–Crippen LogP) is 0.973. The molecule has 0 aromatic heterocycles. The van der Waals surface area contributed by atoms with Gasteiger partial charge in [0.1, 0.15) is 0 Å². The monoisotopic (exact) mass is 182 g/mol. The van der Waals surface area contributed by atoms with Gasteiger partial charge in [-0.05, 0) is 19.8 Å². The van der Waals surface area contributed by atoms with E-state index in [0.29, 0.717) is 30.7 Å². The summed E-state index contributed by atoms with van der Waals surface area (Å²) < 4.78 is 10.5. The number of hydrogen-bond donors (Lipinski definition) is 0. The quantitative estimate of drug-likeness (QED) is 0.448. The topological polar surface area (TPSA) is 38.8 Å². The second-order valence-electron chi connectivity index (χ2n) is 4.46. The maximum atomic E-state index is 11.4. The Hall–Kier alpha value is -0.570. The Bertz CT molecular complexity index is 251. The molecule has 2 saturated heterocycles. The van der Waals surface area contributed by atoms with Crippen molar-refractivity contribution < 1.29 is 14.3 Å². The minimum Gasteiger partial charge on any atom is -0.465 e. The van der Waals surface area contributed by atoms with Crippen LogP contribution in [0, 0.1) is 17.8 Å². The minimum atomic E-state index is 0.0233. The van der Waals surface area contributed by atoms with Crippen LogP contribution in [0.3, 0.4) is 0 Å². The highest BCUT2D eigenvalue weighted by molar-refractivity contribution is 5.75. The predicted molar refractivity (Wildman–Crippen MR) is 45.0 cm³/mol. The van der Waals surface area contributed by atoms with Gasteiger partial charge >= 0.3 is 5.97 Å². The maximum Gasteiger partial charge on any atom is 0.309 e. The van der Waals surface area contributed by atoms with Crippen molar-refractivity contribution in [3.63, 3.8) is 0 Å². The fourth-order valence-corrected chi connectivity index (χ4v) is 2.98. The van der Waals surface area contributed by atoms with Crippen molar-refractivity contribution >= 4 is 5.97 Å². The molecule has 0 aromatic carbocycles. The van der Waals surface area contributed by atoms with Gasteiger partial charge in [0.2, 0.25) is 0 Å². The third-order valence-corrected chi connectivity index (χ3v) is 3.73. The number of rotatable bonds is 1. The molecule has 3 aliphatic rings. The zero-order chi connectivity index (χ0) is 9.00. The largest absolute Gasteiger partial charge is 0.465 e. The number of carbonyl (C=O) groups excluding carboxylic acids is 1. The van der Waals surface area contributed by atoms with Crippen LogP contribution in [0.1, 0.15) is 19.8 Å². The smallest absolute Gasteiger partial charge is 0.309 e.